The Morgan fingerprint density at radius 1 is 1.19 bits per heavy atom. The number of carbonyl (C=O) groups is 1. The lowest BCUT2D eigenvalue weighted by Crippen LogP contribution is -2.45. The Bertz CT molecular complexity index is 1040. The Balaban J connectivity index is 1.26. The van der Waals surface area contributed by atoms with Crippen molar-refractivity contribution >= 4 is 22.5 Å². The van der Waals surface area contributed by atoms with E-state index in [4.69, 9.17) is 4.74 Å². The third-order valence-electron chi connectivity index (χ3n) is 5.88. The fraction of sp³-hybridized carbons (Fsp3) is 0.375. The van der Waals surface area contributed by atoms with E-state index in [-0.39, 0.29) is 18.5 Å². The van der Waals surface area contributed by atoms with Gasteiger partial charge >= 0.3 is 0 Å². The van der Waals surface area contributed by atoms with E-state index in [1.165, 1.54) is 0 Å². The Kier molecular flexibility index (Phi) is 7.26. The van der Waals surface area contributed by atoms with Crippen LogP contribution in [-0.2, 0) is 4.79 Å². The van der Waals surface area contributed by atoms with Gasteiger partial charge in [-0.1, -0.05) is 0 Å². The third kappa shape index (κ3) is 5.59. The van der Waals surface area contributed by atoms with Gasteiger partial charge in [0.25, 0.3) is 0 Å². The summed E-state index contributed by atoms with van der Waals surface area (Å²) in [5.41, 5.74) is 2.45. The van der Waals surface area contributed by atoms with Crippen molar-refractivity contribution in [2.24, 2.45) is 0 Å². The highest BCUT2D eigenvalue weighted by Gasteiger charge is 2.23. The molecule has 3 aromatic rings. The third-order valence-corrected chi connectivity index (χ3v) is 5.88. The van der Waals surface area contributed by atoms with Crippen molar-refractivity contribution < 1.29 is 14.6 Å². The number of hydrogen-bond acceptors (Lipinski definition) is 7. The van der Waals surface area contributed by atoms with Crippen molar-refractivity contribution in [2.45, 2.75) is 25.0 Å². The number of β-amino-alcohol motifs (C(OH)–C–C–N with tert-alkyl or cyclic N) is 1. The molecule has 3 heterocycles. The zero-order chi connectivity index (χ0) is 22.3. The zero-order valence-corrected chi connectivity index (χ0v) is 18.2. The fourth-order valence-corrected chi connectivity index (χ4v) is 4.10. The normalized spacial score (nSPS) is 16.1. The van der Waals surface area contributed by atoms with E-state index in [1.54, 1.807) is 37.8 Å². The number of pyridine rings is 2. The summed E-state index contributed by atoms with van der Waals surface area (Å²) in [5.74, 6) is 0.688. The number of aliphatic hydroxyl groups excluding tert-OH is 1. The number of hydrogen-bond donors (Lipinski definition) is 3. The molecule has 1 aliphatic heterocycles. The molecule has 0 spiro atoms. The molecule has 8 nitrogen and oxygen atoms in total. The highest BCUT2D eigenvalue weighted by molar-refractivity contribution is 5.92. The Hall–Kier alpha value is -3.07. The van der Waals surface area contributed by atoms with Crippen molar-refractivity contribution in [1.29, 1.82) is 0 Å². The molecule has 3 N–H and O–H groups in total. The van der Waals surface area contributed by atoms with Crippen LogP contribution >= 0.6 is 0 Å². The average molecular weight is 436 g/mol. The van der Waals surface area contributed by atoms with Gasteiger partial charge in [-0.15, -0.1) is 0 Å². The predicted molar refractivity (Wildman–Crippen MR) is 124 cm³/mol. The number of aliphatic hydroxyl groups is 1. The molecule has 2 aromatic heterocycles. The molecule has 0 bridgehead atoms. The van der Waals surface area contributed by atoms with Gasteiger partial charge in [0.05, 0.1) is 25.3 Å². The number of methoxy groups -OCH3 is 1. The van der Waals surface area contributed by atoms with E-state index in [1.807, 2.05) is 24.3 Å². The molecule has 1 atom stereocenters. The summed E-state index contributed by atoms with van der Waals surface area (Å²) < 4.78 is 5.33. The number of aromatic nitrogens is 2. The van der Waals surface area contributed by atoms with Crippen LogP contribution in [0.15, 0.2) is 55.0 Å². The average Bonchev–Trinajstić information content (AvgIpc) is 2.83. The molecule has 0 radical (unpaired) electrons. The molecule has 4 rings (SSSR count). The molecule has 1 amide bonds. The van der Waals surface area contributed by atoms with Gasteiger partial charge in [-0.05, 0) is 67.9 Å². The van der Waals surface area contributed by atoms with Gasteiger partial charge in [-0.2, -0.15) is 0 Å². The van der Waals surface area contributed by atoms with Gasteiger partial charge < -0.3 is 25.4 Å². The number of fused-ring (bicyclic) bond motifs is 1. The van der Waals surface area contributed by atoms with E-state index in [0.717, 1.165) is 53.8 Å². The molecular weight excluding hydrogens is 406 g/mol. The topological polar surface area (TPSA) is 99.6 Å². The predicted octanol–water partition coefficient (Wildman–Crippen LogP) is 2.36. The second-order valence-electron chi connectivity index (χ2n) is 8.04. The molecule has 1 fully saturated rings. The van der Waals surface area contributed by atoms with Gasteiger partial charge in [0.15, 0.2) is 0 Å². The summed E-state index contributed by atoms with van der Waals surface area (Å²) >= 11 is 0. The molecule has 1 aromatic carbocycles. The van der Waals surface area contributed by atoms with Gasteiger partial charge in [0.2, 0.25) is 5.91 Å². The number of nitrogens with one attached hydrogen (secondary N) is 2. The van der Waals surface area contributed by atoms with Crippen molar-refractivity contribution in [1.82, 2.24) is 20.2 Å². The van der Waals surface area contributed by atoms with E-state index in [0.29, 0.717) is 6.54 Å². The number of amides is 1. The van der Waals surface area contributed by atoms with E-state index in [2.05, 4.69) is 25.5 Å². The molecule has 1 aliphatic rings. The van der Waals surface area contributed by atoms with Gasteiger partial charge in [0, 0.05) is 42.3 Å². The summed E-state index contributed by atoms with van der Waals surface area (Å²) in [7, 11) is 1.63. The van der Waals surface area contributed by atoms with Gasteiger partial charge in [-0.3, -0.25) is 14.8 Å². The fourth-order valence-electron chi connectivity index (χ4n) is 4.10. The van der Waals surface area contributed by atoms with Crippen LogP contribution in [0, 0.1) is 0 Å². The van der Waals surface area contributed by atoms with Crippen LogP contribution in [0.4, 0.5) is 5.69 Å². The molecule has 168 valence electrons. The van der Waals surface area contributed by atoms with Crippen molar-refractivity contribution in [3.05, 3.63) is 60.6 Å². The minimum atomic E-state index is -0.608. The number of rotatable bonds is 8. The summed E-state index contributed by atoms with van der Waals surface area (Å²) in [6.45, 7) is 2.58. The summed E-state index contributed by atoms with van der Waals surface area (Å²) in [4.78, 5) is 22.7. The van der Waals surface area contributed by atoms with E-state index in [9.17, 15) is 9.90 Å². The SMILES string of the molecule is COc1ccc2nccc(C(O)CN3CCC(NCC(=O)Nc4ccncc4)CC3)c2c1. The molecule has 1 unspecified atom stereocenters. The lowest BCUT2D eigenvalue weighted by molar-refractivity contribution is -0.115. The van der Waals surface area contributed by atoms with Crippen LogP contribution in [0.5, 0.6) is 5.75 Å². The first-order chi connectivity index (χ1) is 15.6. The van der Waals surface area contributed by atoms with Crippen LogP contribution in [-0.4, -0.2) is 65.2 Å². The smallest absolute Gasteiger partial charge is 0.238 e. The van der Waals surface area contributed by atoms with Crippen LogP contribution in [0.3, 0.4) is 0 Å². The van der Waals surface area contributed by atoms with E-state index >= 15 is 0 Å². The summed E-state index contributed by atoms with van der Waals surface area (Å²) in [5, 5.41) is 18.0. The Labute approximate surface area is 187 Å². The minimum Gasteiger partial charge on any atom is -0.497 e. The number of ether oxygens (including phenoxy) is 1. The minimum absolute atomic E-state index is 0.0611. The van der Waals surface area contributed by atoms with Crippen molar-refractivity contribution in [3.63, 3.8) is 0 Å². The number of carbonyl (C=O) groups excluding carboxylic acids is 1. The summed E-state index contributed by atoms with van der Waals surface area (Å²) in [6, 6.07) is 11.4. The lowest BCUT2D eigenvalue weighted by Gasteiger charge is -2.33. The monoisotopic (exact) mass is 435 g/mol. The van der Waals surface area contributed by atoms with Crippen LogP contribution < -0.4 is 15.4 Å². The van der Waals surface area contributed by atoms with E-state index < -0.39 is 6.10 Å². The first-order valence-corrected chi connectivity index (χ1v) is 10.9. The summed E-state index contributed by atoms with van der Waals surface area (Å²) in [6.07, 6.45) is 6.29. The molecule has 0 saturated carbocycles. The Morgan fingerprint density at radius 3 is 2.72 bits per heavy atom. The van der Waals surface area contributed by atoms with Crippen molar-refractivity contribution in [3.8, 4) is 5.75 Å². The van der Waals surface area contributed by atoms with Gasteiger partial charge in [-0.25, -0.2) is 0 Å². The number of anilines is 1. The molecular formula is C24H29N5O3. The van der Waals surface area contributed by atoms with Crippen LogP contribution in [0.1, 0.15) is 24.5 Å². The largest absolute Gasteiger partial charge is 0.497 e. The second kappa shape index (κ2) is 10.5. The van der Waals surface area contributed by atoms with Crippen LogP contribution in [0.25, 0.3) is 10.9 Å². The first-order valence-electron chi connectivity index (χ1n) is 10.9. The number of nitrogens with zero attached hydrogens (tertiary/aromatic N) is 3. The number of benzene rings is 1. The zero-order valence-electron chi connectivity index (χ0n) is 18.2. The molecule has 0 aliphatic carbocycles. The highest BCUT2D eigenvalue weighted by atomic mass is 16.5. The molecule has 1 saturated heterocycles. The maximum atomic E-state index is 12.1. The number of piperidine rings is 1. The first kappa shape index (κ1) is 22.1. The van der Waals surface area contributed by atoms with Gasteiger partial charge in [0.1, 0.15) is 5.75 Å². The highest BCUT2D eigenvalue weighted by Crippen LogP contribution is 2.27. The van der Waals surface area contributed by atoms with Crippen LogP contribution in [0.2, 0.25) is 0 Å². The molecule has 32 heavy (non-hydrogen) atoms. The maximum Gasteiger partial charge on any atom is 0.238 e. The lowest BCUT2D eigenvalue weighted by atomic mass is 10.0. The second-order valence-corrected chi connectivity index (χ2v) is 8.04. The molecule has 8 heteroatoms. The quantitative estimate of drug-likeness (QED) is 0.499. The number of likely N-dealkylation sites (tertiary alicyclic amines) is 1. The standard InChI is InChI=1S/C24H29N5O3/c1-32-19-2-3-22-21(14-19)20(6-11-26-22)23(30)16-29-12-7-17(8-13-29)27-15-24(31)28-18-4-9-25-10-5-18/h2-6,9-11,14,17,23,27,30H,7-8,12-13,15-16H2,1H3,(H,25,28,31). The van der Waals surface area contributed by atoms with Crippen molar-refractivity contribution in [2.75, 3.05) is 38.6 Å². The Morgan fingerprint density at radius 2 is 1.97 bits per heavy atom. The maximum absolute atomic E-state index is 12.1.